The molecule has 21 heavy (non-hydrogen) atoms. The van der Waals surface area contributed by atoms with Crippen molar-refractivity contribution >= 4 is 50.0 Å². The topological polar surface area (TPSA) is 72.8 Å². The van der Waals surface area contributed by atoms with E-state index in [0.717, 1.165) is 10.1 Å². The number of hydrogen-bond donors (Lipinski definition) is 0. The maximum Gasteiger partial charge on any atom is 0.281 e. The highest BCUT2D eigenvalue weighted by Gasteiger charge is 2.32. The van der Waals surface area contributed by atoms with E-state index < -0.39 is 0 Å². The molecule has 106 valence electrons. The maximum atomic E-state index is 12.4. The fraction of sp³-hybridized carbons (Fsp3) is 0.167. The molecule has 9 heteroatoms. The molecule has 0 fully saturated rings. The second-order valence-electron chi connectivity index (χ2n) is 4.18. The highest BCUT2D eigenvalue weighted by molar-refractivity contribution is 8.38. The van der Waals surface area contributed by atoms with Crippen LogP contribution in [-0.2, 0) is 0 Å². The van der Waals surface area contributed by atoms with Crippen molar-refractivity contribution < 1.29 is 4.42 Å². The van der Waals surface area contributed by atoms with Gasteiger partial charge < -0.3 is 4.42 Å². The number of rotatable bonds is 1. The molecule has 0 radical (unpaired) electrons. The fourth-order valence-electron chi connectivity index (χ4n) is 2.14. The van der Waals surface area contributed by atoms with Crippen LogP contribution in [-0.4, -0.2) is 25.2 Å². The summed E-state index contributed by atoms with van der Waals surface area (Å²) < 4.78 is 7.98. The molecular weight excluding hydrogens is 328 g/mol. The Morgan fingerprint density at radius 2 is 2.38 bits per heavy atom. The molecule has 0 N–H and O–H groups in total. The van der Waals surface area contributed by atoms with Crippen molar-refractivity contribution in [3.63, 3.8) is 0 Å². The summed E-state index contributed by atoms with van der Waals surface area (Å²) in [5.41, 5.74) is 1.91. The molecule has 0 amide bonds. The van der Waals surface area contributed by atoms with E-state index in [-0.39, 0.29) is 10.8 Å². The van der Waals surface area contributed by atoms with Gasteiger partial charge in [0.05, 0.1) is 11.8 Å². The summed E-state index contributed by atoms with van der Waals surface area (Å²) in [6.45, 7) is 0. The maximum absolute atomic E-state index is 12.4. The quantitative estimate of drug-likeness (QED) is 0.680. The van der Waals surface area contributed by atoms with Crippen molar-refractivity contribution in [1.29, 1.82) is 0 Å². The normalized spacial score (nSPS) is 17.8. The van der Waals surface area contributed by atoms with Crippen molar-refractivity contribution in [2.75, 3.05) is 6.26 Å². The third-order valence-corrected chi connectivity index (χ3v) is 5.93. The first-order valence-corrected chi connectivity index (χ1v) is 8.95. The first-order chi connectivity index (χ1) is 10.3. The van der Waals surface area contributed by atoms with Crippen LogP contribution in [0.15, 0.2) is 38.1 Å². The lowest BCUT2D eigenvalue weighted by Crippen LogP contribution is -2.21. The van der Waals surface area contributed by atoms with E-state index in [1.165, 1.54) is 34.9 Å². The number of aliphatic imine (C=N–C) groups is 1. The number of fused-ring (bicyclic) bond motifs is 3. The molecular formula is C12H8N4O2S3. The highest BCUT2D eigenvalue weighted by Crippen LogP contribution is 2.45. The molecule has 1 aliphatic rings. The summed E-state index contributed by atoms with van der Waals surface area (Å²) >= 11 is 4.35. The molecule has 0 saturated heterocycles. The molecule has 0 aromatic carbocycles. The van der Waals surface area contributed by atoms with Gasteiger partial charge in [-0.1, -0.05) is 23.1 Å². The van der Waals surface area contributed by atoms with E-state index in [4.69, 9.17) is 4.42 Å². The average molecular weight is 336 g/mol. The predicted octanol–water partition coefficient (Wildman–Crippen LogP) is 2.93. The minimum absolute atomic E-state index is 0.242. The molecule has 0 aliphatic carbocycles. The smallest absolute Gasteiger partial charge is 0.281 e. The van der Waals surface area contributed by atoms with Gasteiger partial charge in [0.2, 0.25) is 4.96 Å². The minimum Gasteiger partial charge on any atom is -0.468 e. The van der Waals surface area contributed by atoms with Gasteiger partial charge in [0.25, 0.3) is 5.56 Å². The Hall–Kier alpha value is -1.58. The van der Waals surface area contributed by atoms with Gasteiger partial charge in [-0.05, 0) is 18.4 Å². The zero-order valence-electron chi connectivity index (χ0n) is 10.7. The summed E-state index contributed by atoms with van der Waals surface area (Å²) in [6, 6.07) is 3.67. The van der Waals surface area contributed by atoms with Crippen LogP contribution in [0.5, 0.6) is 0 Å². The Morgan fingerprint density at radius 1 is 1.48 bits per heavy atom. The average Bonchev–Trinajstić information content (AvgIpc) is 3.17. The molecule has 0 unspecified atom stereocenters. The third-order valence-electron chi connectivity index (χ3n) is 3.03. The van der Waals surface area contributed by atoms with E-state index in [0.29, 0.717) is 16.3 Å². The lowest BCUT2D eigenvalue weighted by molar-refractivity contribution is 0.517. The summed E-state index contributed by atoms with van der Waals surface area (Å²) in [4.78, 5) is 21.6. The highest BCUT2D eigenvalue weighted by atomic mass is 32.2. The van der Waals surface area contributed by atoms with Crippen molar-refractivity contribution in [2.45, 2.75) is 5.25 Å². The van der Waals surface area contributed by atoms with E-state index in [9.17, 15) is 4.79 Å². The van der Waals surface area contributed by atoms with Crippen LogP contribution in [0.4, 0.5) is 5.82 Å². The number of thioether (sulfide) groups is 2. The van der Waals surface area contributed by atoms with Gasteiger partial charge in [-0.25, -0.2) is 4.99 Å². The lowest BCUT2D eigenvalue weighted by Gasteiger charge is -2.20. The number of hydrogen-bond acceptors (Lipinski definition) is 8. The number of nitrogens with zero attached hydrogens (tertiary/aromatic N) is 4. The van der Waals surface area contributed by atoms with Gasteiger partial charge in [0.1, 0.15) is 20.9 Å². The molecule has 6 nitrogen and oxygen atoms in total. The first kappa shape index (κ1) is 13.1. The van der Waals surface area contributed by atoms with Crippen LogP contribution in [0.2, 0.25) is 0 Å². The summed E-state index contributed by atoms with van der Waals surface area (Å²) in [5, 5.41) is 3.99. The Kier molecular flexibility index (Phi) is 3.12. The second-order valence-corrected chi connectivity index (χ2v) is 7.14. The molecule has 1 aliphatic heterocycles. The second kappa shape index (κ2) is 5.00. The molecule has 4 rings (SSSR count). The third kappa shape index (κ3) is 2.03. The van der Waals surface area contributed by atoms with Gasteiger partial charge in [-0.15, -0.1) is 11.8 Å². The van der Waals surface area contributed by atoms with E-state index in [1.54, 1.807) is 16.3 Å². The zero-order chi connectivity index (χ0) is 14.4. The van der Waals surface area contributed by atoms with Crippen molar-refractivity contribution in [3.8, 4) is 0 Å². The van der Waals surface area contributed by atoms with Crippen molar-refractivity contribution in [1.82, 2.24) is 14.6 Å². The number of aromatic nitrogens is 3. The van der Waals surface area contributed by atoms with Gasteiger partial charge in [0, 0.05) is 0 Å². The Bertz CT molecular complexity index is 897. The number of furan rings is 1. The van der Waals surface area contributed by atoms with Gasteiger partial charge in [-0.3, -0.25) is 4.79 Å². The lowest BCUT2D eigenvalue weighted by atomic mass is 10.1. The van der Waals surface area contributed by atoms with Crippen LogP contribution in [0.3, 0.4) is 0 Å². The van der Waals surface area contributed by atoms with Gasteiger partial charge in [0.15, 0.2) is 5.82 Å². The van der Waals surface area contributed by atoms with Crippen LogP contribution >= 0.6 is 34.9 Å². The molecule has 0 bridgehead atoms. The van der Waals surface area contributed by atoms with Crippen LogP contribution in [0.1, 0.15) is 16.6 Å². The van der Waals surface area contributed by atoms with Crippen molar-refractivity contribution in [3.05, 3.63) is 45.6 Å². The van der Waals surface area contributed by atoms with Crippen LogP contribution < -0.4 is 5.56 Å². The summed E-state index contributed by atoms with van der Waals surface area (Å²) in [7, 11) is 0. The molecule has 0 spiro atoms. The van der Waals surface area contributed by atoms with Crippen LogP contribution in [0, 0.1) is 0 Å². The fourth-order valence-corrected chi connectivity index (χ4v) is 4.51. The predicted molar refractivity (Wildman–Crippen MR) is 85.9 cm³/mol. The largest absolute Gasteiger partial charge is 0.468 e. The SMILES string of the molecule is CSC1=Nc2c(c(=O)nc3scnn23)[C@H](c2ccco2)S1. The van der Waals surface area contributed by atoms with Crippen molar-refractivity contribution in [2.24, 2.45) is 4.99 Å². The van der Waals surface area contributed by atoms with E-state index in [2.05, 4.69) is 15.1 Å². The van der Waals surface area contributed by atoms with Gasteiger partial charge >= 0.3 is 0 Å². The van der Waals surface area contributed by atoms with E-state index in [1.807, 2.05) is 18.4 Å². The van der Waals surface area contributed by atoms with Crippen LogP contribution in [0.25, 0.3) is 4.96 Å². The molecule has 0 saturated carbocycles. The standard InChI is InChI=1S/C12H8N4O2S3/c1-19-12-14-9-7(8(21-12)6-3-2-4-18-6)10(17)15-11-16(9)13-5-20-11/h2-5,8H,1H3/t8-/m0/s1. The molecule has 3 aromatic rings. The van der Waals surface area contributed by atoms with Gasteiger partial charge in [-0.2, -0.15) is 14.6 Å². The molecule has 4 heterocycles. The zero-order valence-corrected chi connectivity index (χ0v) is 13.2. The Balaban J connectivity index is 2.05. The summed E-state index contributed by atoms with van der Waals surface area (Å²) in [6.07, 6.45) is 3.56. The summed E-state index contributed by atoms with van der Waals surface area (Å²) in [5.74, 6) is 1.27. The molecule has 3 aromatic heterocycles. The van der Waals surface area contributed by atoms with E-state index >= 15 is 0 Å². The Labute approximate surface area is 131 Å². The monoisotopic (exact) mass is 336 g/mol. The molecule has 1 atom stereocenters. The first-order valence-electron chi connectivity index (χ1n) is 5.97. The Morgan fingerprint density at radius 3 is 3.14 bits per heavy atom. The minimum atomic E-state index is -0.271.